The Labute approximate surface area is 178 Å². The molecule has 3 rings (SSSR count). The minimum Gasteiger partial charge on any atom is -0.464 e. The largest absolute Gasteiger partial charge is 0.464 e. The molecule has 0 spiro atoms. The molecule has 2 fully saturated rings. The number of aliphatic hydroxyl groups is 2. The summed E-state index contributed by atoms with van der Waals surface area (Å²) >= 11 is 0. The average Bonchev–Trinajstić information content (AvgIpc) is 3.11. The van der Waals surface area contributed by atoms with E-state index in [0.717, 1.165) is 44.3 Å². The Hall–Kier alpha value is -1.86. The Morgan fingerprint density at radius 3 is 1.97 bits per heavy atom. The highest BCUT2D eigenvalue weighted by molar-refractivity contribution is 5.78. The van der Waals surface area contributed by atoms with E-state index in [9.17, 15) is 19.8 Å². The highest BCUT2D eigenvalue weighted by Gasteiger charge is 2.34. The Kier molecular flexibility index (Phi) is 7.58. The Morgan fingerprint density at radius 2 is 1.47 bits per heavy atom. The van der Waals surface area contributed by atoms with Gasteiger partial charge in [-0.2, -0.15) is 0 Å². The molecule has 0 aromatic carbocycles. The number of hydrogen-bond donors (Lipinski definition) is 4. The van der Waals surface area contributed by atoms with Gasteiger partial charge in [0.2, 0.25) is 11.8 Å². The molecule has 30 heavy (non-hydrogen) atoms. The van der Waals surface area contributed by atoms with Crippen molar-refractivity contribution in [3.63, 3.8) is 0 Å². The molecule has 168 valence electrons. The van der Waals surface area contributed by atoms with Crippen LogP contribution in [0.2, 0.25) is 0 Å². The number of carbonyl (C=O) groups is 2. The normalized spacial score (nSPS) is 21.6. The quantitative estimate of drug-likeness (QED) is 0.516. The second kappa shape index (κ2) is 9.96. The van der Waals surface area contributed by atoms with E-state index in [0.29, 0.717) is 31.4 Å². The zero-order chi connectivity index (χ0) is 21.6. The number of aryl methyl sites for hydroxylation is 1. The van der Waals surface area contributed by atoms with Crippen LogP contribution in [0.1, 0.15) is 94.6 Å². The van der Waals surface area contributed by atoms with Crippen molar-refractivity contribution in [3.8, 4) is 0 Å². The lowest BCUT2D eigenvalue weighted by Gasteiger charge is -2.32. The molecule has 1 atom stereocenters. The first-order valence-corrected chi connectivity index (χ1v) is 11.3. The molecule has 2 aliphatic rings. The van der Waals surface area contributed by atoms with Crippen LogP contribution in [0.4, 0.5) is 0 Å². The summed E-state index contributed by atoms with van der Waals surface area (Å²) in [4.78, 5) is 25.1. The first-order chi connectivity index (χ1) is 14.3. The molecule has 1 unspecified atom stereocenters. The fourth-order valence-electron chi connectivity index (χ4n) is 4.76. The van der Waals surface area contributed by atoms with Crippen LogP contribution in [0.15, 0.2) is 16.5 Å². The summed E-state index contributed by atoms with van der Waals surface area (Å²) in [7, 11) is 0. The summed E-state index contributed by atoms with van der Waals surface area (Å²) in [5, 5.41) is 27.0. The molecule has 2 amide bonds. The zero-order valence-electron chi connectivity index (χ0n) is 18.0. The molecule has 2 aliphatic carbocycles. The third-order valence-corrected chi connectivity index (χ3v) is 6.49. The average molecular weight is 421 g/mol. The summed E-state index contributed by atoms with van der Waals surface area (Å²) in [6.07, 6.45) is 8.65. The van der Waals surface area contributed by atoms with Crippen LogP contribution in [-0.4, -0.2) is 39.8 Å². The Balaban J connectivity index is 1.57. The van der Waals surface area contributed by atoms with Gasteiger partial charge in [0.05, 0.1) is 24.0 Å². The second-order valence-electron chi connectivity index (χ2n) is 9.30. The van der Waals surface area contributed by atoms with Gasteiger partial charge in [-0.1, -0.05) is 38.5 Å². The molecular weight excluding hydrogens is 384 g/mol. The van der Waals surface area contributed by atoms with Crippen LogP contribution in [0, 0.1) is 6.92 Å². The minimum absolute atomic E-state index is 0.0525. The molecule has 1 aromatic rings. The van der Waals surface area contributed by atoms with Gasteiger partial charge in [0, 0.05) is 6.54 Å². The van der Waals surface area contributed by atoms with Gasteiger partial charge in [-0.05, 0) is 44.7 Å². The summed E-state index contributed by atoms with van der Waals surface area (Å²) in [6.45, 7) is 2.00. The zero-order valence-corrected chi connectivity index (χ0v) is 18.0. The maximum atomic E-state index is 12.7. The molecule has 7 nitrogen and oxygen atoms in total. The second-order valence-corrected chi connectivity index (χ2v) is 9.30. The van der Waals surface area contributed by atoms with Crippen LogP contribution < -0.4 is 10.6 Å². The summed E-state index contributed by atoms with van der Waals surface area (Å²) < 4.78 is 5.69. The van der Waals surface area contributed by atoms with Crippen molar-refractivity contribution in [3.05, 3.63) is 23.7 Å². The van der Waals surface area contributed by atoms with E-state index in [1.54, 1.807) is 6.07 Å². The van der Waals surface area contributed by atoms with E-state index in [-0.39, 0.29) is 31.2 Å². The molecule has 0 bridgehead atoms. The number of amides is 2. The van der Waals surface area contributed by atoms with Crippen LogP contribution in [0.25, 0.3) is 0 Å². The summed E-state index contributed by atoms with van der Waals surface area (Å²) in [5.74, 6) is 0.803. The van der Waals surface area contributed by atoms with E-state index < -0.39 is 17.2 Å². The van der Waals surface area contributed by atoms with Crippen molar-refractivity contribution in [2.24, 2.45) is 0 Å². The maximum absolute atomic E-state index is 12.7. The number of hydrogen-bond acceptors (Lipinski definition) is 5. The van der Waals surface area contributed by atoms with Crippen molar-refractivity contribution in [1.29, 1.82) is 0 Å². The third-order valence-electron chi connectivity index (χ3n) is 6.49. The molecule has 1 aromatic heterocycles. The van der Waals surface area contributed by atoms with Crippen molar-refractivity contribution < 1.29 is 24.2 Å². The Morgan fingerprint density at radius 1 is 0.933 bits per heavy atom. The van der Waals surface area contributed by atoms with Crippen molar-refractivity contribution >= 4 is 11.8 Å². The van der Waals surface area contributed by atoms with Gasteiger partial charge in [-0.25, -0.2) is 0 Å². The van der Waals surface area contributed by atoms with E-state index >= 15 is 0 Å². The van der Waals surface area contributed by atoms with Gasteiger partial charge < -0.3 is 25.3 Å². The van der Waals surface area contributed by atoms with Crippen LogP contribution in [-0.2, 0) is 9.59 Å². The monoisotopic (exact) mass is 420 g/mol. The number of carbonyl (C=O) groups excluding carboxylic acids is 2. The predicted molar refractivity (Wildman–Crippen MR) is 113 cm³/mol. The van der Waals surface area contributed by atoms with Gasteiger partial charge in [0.25, 0.3) is 0 Å². The lowest BCUT2D eigenvalue weighted by molar-refractivity contribution is -0.130. The lowest BCUT2D eigenvalue weighted by atomic mass is 9.82. The molecule has 2 saturated carbocycles. The van der Waals surface area contributed by atoms with E-state index in [2.05, 4.69) is 10.6 Å². The fraction of sp³-hybridized carbons (Fsp3) is 0.739. The Bertz CT molecular complexity index is 717. The van der Waals surface area contributed by atoms with Crippen LogP contribution in [0.3, 0.4) is 0 Å². The topological polar surface area (TPSA) is 112 Å². The van der Waals surface area contributed by atoms with Gasteiger partial charge in [0.1, 0.15) is 17.6 Å². The smallest absolute Gasteiger partial charge is 0.223 e. The van der Waals surface area contributed by atoms with Crippen molar-refractivity contribution in [2.75, 3.05) is 6.54 Å². The van der Waals surface area contributed by atoms with Gasteiger partial charge in [-0.15, -0.1) is 0 Å². The van der Waals surface area contributed by atoms with Gasteiger partial charge >= 0.3 is 0 Å². The molecule has 4 N–H and O–H groups in total. The van der Waals surface area contributed by atoms with Gasteiger partial charge in [-0.3, -0.25) is 9.59 Å². The van der Waals surface area contributed by atoms with E-state index in [1.165, 1.54) is 0 Å². The first kappa shape index (κ1) is 22.8. The summed E-state index contributed by atoms with van der Waals surface area (Å²) in [6, 6.07) is 3.08. The lowest BCUT2D eigenvalue weighted by Crippen LogP contribution is -2.44. The maximum Gasteiger partial charge on any atom is 0.223 e. The van der Waals surface area contributed by atoms with Crippen LogP contribution in [0.5, 0.6) is 0 Å². The van der Waals surface area contributed by atoms with Crippen LogP contribution >= 0.6 is 0 Å². The predicted octanol–water partition coefficient (Wildman–Crippen LogP) is 3.03. The molecular formula is C23H36N2O5. The molecule has 1 heterocycles. The highest BCUT2D eigenvalue weighted by atomic mass is 16.3. The first-order valence-electron chi connectivity index (χ1n) is 11.3. The number of rotatable bonds is 8. The molecule has 0 saturated heterocycles. The highest BCUT2D eigenvalue weighted by Crippen LogP contribution is 2.32. The van der Waals surface area contributed by atoms with E-state index in [4.69, 9.17) is 4.42 Å². The molecule has 0 aliphatic heterocycles. The number of furan rings is 1. The number of nitrogens with one attached hydrogen (secondary N) is 2. The molecule has 7 heteroatoms. The SMILES string of the molecule is Cc1ccc(C(CNC(=O)CC2(O)CCCCC2)NC(=O)CC2(O)CCCCC2)o1. The fourth-order valence-corrected chi connectivity index (χ4v) is 4.76. The standard InChI is InChI=1S/C23H36N2O5/c1-17-8-9-19(30-17)18(25-21(27)15-23(29)12-6-3-7-13-23)16-24-20(26)14-22(28)10-4-2-5-11-22/h8-9,18,28-29H,2-7,10-16H2,1H3,(H,24,26)(H,25,27). The summed E-state index contributed by atoms with van der Waals surface area (Å²) in [5.41, 5.74) is -1.87. The van der Waals surface area contributed by atoms with Gasteiger partial charge in [0.15, 0.2) is 0 Å². The third kappa shape index (κ3) is 6.57. The minimum atomic E-state index is -0.945. The van der Waals surface area contributed by atoms with Crippen molar-refractivity contribution in [1.82, 2.24) is 10.6 Å². The molecule has 0 radical (unpaired) electrons. The van der Waals surface area contributed by atoms with Crippen molar-refractivity contribution in [2.45, 2.75) is 101 Å². The van der Waals surface area contributed by atoms with E-state index in [1.807, 2.05) is 13.0 Å².